The van der Waals surface area contributed by atoms with Gasteiger partial charge in [-0.05, 0) is 32.0 Å². The van der Waals surface area contributed by atoms with Gasteiger partial charge in [0.15, 0.2) is 0 Å². The average molecular weight is 275 g/mol. The Morgan fingerprint density at radius 3 is 2.95 bits per heavy atom. The van der Waals surface area contributed by atoms with E-state index < -0.39 is 0 Å². The monoisotopic (exact) mass is 275 g/mol. The first kappa shape index (κ1) is 13.2. The van der Waals surface area contributed by atoms with Gasteiger partial charge in [0.25, 0.3) is 0 Å². The highest BCUT2D eigenvalue weighted by Gasteiger charge is 2.29. The zero-order chi connectivity index (χ0) is 13.9. The smallest absolute Gasteiger partial charge is 0.231 e. The van der Waals surface area contributed by atoms with E-state index in [1.807, 2.05) is 7.05 Å². The lowest BCUT2D eigenvalue weighted by Crippen LogP contribution is -2.34. The fraction of sp³-hybridized carbons (Fsp3) is 0.467. The molecule has 2 aromatic rings. The molecule has 1 aliphatic carbocycles. The van der Waals surface area contributed by atoms with Crippen LogP contribution in [0.5, 0.6) is 0 Å². The molecule has 0 aliphatic heterocycles. The van der Waals surface area contributed by atoms with Crippen LogP contribution in [-0.4, -0.2) is 23.2 Å². The molecule has 1 fully saturated rings. The first-order valence-electron chi connectivity index (χ1n) is 7.05. The number of nitrogens with one attached hydrogen (secondary N) is 1. The third-order valence-electron chi connectivity index (χ3n) is 3.98. The molecular formula is C15H18FN3O. The normalized spacial score (nSPS) is 22.9. The molecule has 1 N–H and O–H groups in total. The van der Waals surface area contributed by atoms with Crippen LogP contribution in [0, 0.1) is 5.82 Å². The van der Waals surface area contributed by atoms with Gasteiger partial charge >= 0.3 is 0 Å². The van der Waals surface area contributed by atoms with Crippen molar-refractivity contribution in [2.75, 3.05) is 7.05 Å². The molecule has 2 atom stereocenters. The van der Waals surface area contributed by atoms with Crippen LogP contribution in [0.1, 0.15) is 37.5 Å². The highest BCUT2D eigenvalue weighted by Crippen LogP contribution is 2.33. The third kappa shape index (κ3) is 2.58. The number of aromatic nitrogens is 2. The van der Waals surface area contributed by atoms with Crippen LogP contribution in [-0.2, 0) is 0 Å². The van der Waals surface area contributed by atoms with Crippen molar-refractivity contribution in [1.29, 1.82) is 0 Å². The van der Waals surface area contributed by atoms with Crippen molar-refractivity contribution in [3.8, 4) is 11.4 Å². The van der Waals surface area contributed by atoms with E-state index in [1.165, 1.54) is 25.0 Å². The van der Waals surface area contributed by atoms with Crippen molar-refractivity contribution < 1.29 is 8.91 Å². The number of rotatable bonds is 3. The second-order valence-corrected chi connectivity index (χ2v) is 5.25. The van der Waals surface area contributed by atoms with Crippen LogP contribution in [0.2, 0.25) is 0 Å². The van der Waals surface area contributed by atoms with Crippen molar-refractivity contribution in [2.45, 2.75) is 37.6 Å². The predicted octanol–water partition coefficient (Wildman–Crippen LogP) is 3.12. The Hall–Kier alpha value is -1.75. The van der Waals surface area contributed by atoms with Gasteiger partial charge in [0.1, 0.15) is 5.82 Å². The van der Waals surface area contributed by atoms with Crippen LogP contribution >= 0.6 is 0 Å². The Bertz CT molecular complexity index is 584. The minimum atomic E-state index is -0.292. The standard InChI is InChI=1S/C15H18FN3O/c1-17-13-8-3-2-7-12(13)15-18-14(19-20-15)10-5-4-6-11(16)9-10/h4-6,9,12-13,17H,2-3,7-8H2,1H3. The second-order valence-electron chi connectivity index (χ2n) is 5.25. The Kier molecular flexibility index (Phi) is 3.78. The quantitative estimate of drug-likeness (QED) is 0.935. The zero-order valence-corrected chi connectivity index (χ0v) is 11.5. The highest BCUT2D eigenvalue weighted by atomic mass is 19.1. The summed E-state index contributed by atoms with van der Waals surface area (Å²) in [6.45, 7) is 0. The lowest BCUT2D eigenvalue weighted by Gasteiger charge is -2.28. The van der Waals surface area contributed by atoms with Gasteiger partial charge in [0.2, 0.25) is 11.7 Å². The van der Waals surface area contributed by atoms with Crippen molar-refractivity contribution in [3.05, 3.63) is 36.0 Å². The number of nitrogens with zero attached hydrogens (tertiary/aromatic N) is 2. The molecule has 5 heteroatoms. The number of halogens is 1. The lowest BCUT2D eigenvalue weighted by molar-refractivity contribution is 0.270. The molecule has 1 aromatic carbocycles. The lowest BCUT2D eigenvalue weighted by atomic mass is 9.84. The van der Waals surface area contributed by atoms with Crippen molar-refractivity contribution in [2.24, 2.45) is 0 Å². The molecule has 1 aromatic heterocycles. The van der Waals surface area contributed by atoms with Crippen LogP contribution in [0.15, 0.2) is 28.8 Å². The molecule has 2 unspecified atom stereocenters. The van der Waals surface area contributed by atoms with Gasteiger partial charge in [-0.1, -0.05) is 30.1 Å². The summed E-state index contributed by atoms with van der Waals surface area (Å²) in [5, 5.41) is 7.31. The first-order valence-corrected chi connectivity index (χ1v) is 7.05. The van der Waals surface area contributed by atoms with Gasteiger partial charge in [0.05, 0.1) is 5.92 Å². The van der Waals surface area contributed by atoms with Crippen molar-refractivity contribution in [1.82, 2.24) is 15.5 Å². The largest absolute Gasteiger partial charge is 0.339 e. The molecule has 0 bridgehead atoms. The molecule has 1 saturated carbocycles. The fourth-order valence-electron chi connectivity index (χ4n) is 2.90. The molecule has 0 spiro atoms. The molecule has 1 heterocycles. The summed E-state index contributed by atoms with van der Waals surface area (Å²) >= 11 is 0. The maximum Gasteiger partial charge on any atom is 0.231 e. The van der Waals surface area contributed by atoms with E-state index in [0.717, 1.165) is 12.8 Å². The second kappa shape index (κ2) is 5.71. The SMILES string of the molecule is CNC1CCCCC1c1nc(-c2cccc(F)c2)no1. The summed E-state index contributed by atoms with van der Waals surface area (Å²) in [4.78, 5) is 4.46. The molecule has 1 aliphatic rings. The number of benzene rings is 1. The first-order chi connectivity index (χ1) is 9.78. The van der Waals surface area contributed by atoms with Crippen LogP contribution in [0.4, 0.5) is 4.39 Å². The molecule has 0 amide bonds. The Morgan fingerprint density at radius 2 is 2.15 bits per heavy atom. The highest BCUT2D eigenvalue weighted by molar-refractivity contribution is 5.53. The number of hydrogen-bond acceptors (Lipinski definition) is 4. The summed E-state index contributed by atoms with van der Waals surface area (Å²) < 4.78 is 18.6. The summed E-state index contributed by atoms with van der Waals surface area (Å²) in [7, 11) is 1.97. The van der Waals surface area contributed by atoms with E-state index in [1.54, 1.807) is 12.1 Å². The summed E-state index contributed by atoms with van der Waals surface area (Å²) in [5.41, 5.74) is 0.650. The average Bonchev–Trinajstić information content (AvgIpc) is 2.97. The van der Waals surface area contributed by atoms with E-state index >= 15 is 0 Å². The predicted molar refractivity (Wildman–Crippen MR) is 73.7 cm³/mol. The van der Waals surface area contributed by atoms with E-state index in [0.29, 0.717) is 23.3 Å². The maximum absolute atomic E-state index is 13.2. The topological polar surface area (TPSA) is 51.0 Å². The Morgan fingerprint density at radius 1 is 1.30 bits per heavy atom. The van der Waals surface area contributed by atoms with E-state index in [9.17, 15) is 4.39 Å². The van der Waals surface area contributed by atoms with Gasteiger partial charge in [-0.25, -0.2) is 4.39 Å². The molecule has 0 saturated heterocycles. The van der Waals surface area contributed by atoms with Gasteiger partial charge in [0, 0.05) is 11.6 Å². The summed E-state index contributed by atoms with van der Waals surface area (Å²) in [6.07, 6.45) is 4.59. The van der Waals surface area contributed by atoms with Gasteiger partial charge in [-0.3, -0.25) is 0 Å². The summed E-state index contributed by atoms with van der Waals surface area (Å²) in [5.74, 6) is 1.08. The molecule has 106 valence electrons. The van der Waals surface area contributed by atoms with E-state index in [4.69, 9.17) is 4.52 Å². The third-order valence-corrected chi connectivity index (χ3v) is 3.98. The zero-order valence-electron chi connectivity index (χ0n) is 11.5. The molecular weight excluding hydrogens is 257 g/mol. The summed E-state index contributed by atoms with van der Waals surface area (Å²) in [6, 6.07) is 6.64. The van der Waals surface area contributed by atoms with Crippen molar-refractivity contribution in [3.63, 3.8) is 0 Å². The van der Waals surface area contributed by atoms with Crippen molar-refractivity contribution >= 4 is 0 Å². The van der Waals surface area contributed by atoms with Gasteiger partial charge in [-0.2, -0.15) is 4.98 Å². The molecule has 4 nitrogen and oxygen atoms in total. The van der Waals surface area contributed by atoms with E-state index in [-0.39, 0.29) is 11.7 Å². The van der Waals surface area contributed by atoms with Crippen LogP contribution in [0.25, 0.3) is 11.4 Å². The van der Waals surface area contributed by atoms with Gasteiger partial charge < -0.3 is 9.84 Å². The fourth-order valence-corrected chi connectivity index (χ4v) is 2.90. The van der Waals surface area contributed by atoms with Gasteiger partial charge in [-0.15, -0.1) is 0 Å². The minimum absolute atomic E-state index is 0.253. The van der Waals surface area contributed by atoms with E-state index in [2.05, 4.69) is 15.5 Å². The number of hydrogen-bond donors (Lipinski definition) is 1. The van der Waals surface area contributed by atoms with Crippen LogP contribution in [0.3, 0.4) is 0 Å². The number of likely N-dealkylation sites (N-methyl/N-ethyl adjacent to an activating group) is 1. The van der Waals surface area contributed by atoms with Crippen LogP contribution < -0.4 is 5.32 Å². The molecule has 0 radical (unpaired) electrons. The maximum atomic E-state index is 13.2. The minimum Gasteiger partial charge on any atom is -0.339 e. The Labute approximate surface area is 117 Å². The Balaban J connectivity index is 1.86. The molecule has 3 rings (SSSR count). The molecule has 20 heavy (non-hydrogen) atoms.